The van der Waals surface area contributed by atoms with E-state index in [0.717, 1.165) is 11.0 Å². The molecule has 6 nitrogen and oxygen atoms in total. The molecule has 1 aromatic rings. The van der Waals surface area contributed by atoms with Gasteiger partial charge in [-0.1, -0.05) is 6.07 Å². The fourth-order valence-electron chi connectivity index (χ4n) is 2.63. The Labute approximate surface area is 161 Å². The molecule has 1 aromatic carbocycles. The third kappa shape index (κ3) is 6.54. The van der Waals surface area contributed by atoms with Crippen LogP contribution in [0.3, 0.4) is 0 Å². The van der Waals surface area contributed by atoms with E-state index < -0.39 is 29.6 Å². The number of alkyl halides is 3. The number of rotatable bonds is 8. The summed E-state index contributed by atoms with van der Waals surface area (Å²) in [6.45, 7) is 4.60. The lowest BCUT2D eigenvalue weighted by Crippen LogP contribution is -2.39. The minimum Gasteiger partial charge on any atom is -0.466 e. The van der Waals surface area contributed by atoms with Gasteiger partial charge in [0, 0.05) is 18.7 Å². The van der Waals surface area contributed by atoms with Crippen LogP contribution in [0.2, 0.25) is 0 Å². The molecule has 0 saturated carbocycles. The maximum absolute atomic E-state index is 13.2. The molecule has 0 heterocycles. The van der Waals surface area contributed by atoms with Crippen molar-refractivity contribution >= 4 is 23.5 Å². The van der Waals surface area contributed by atoms with Crippen molar-refractivity contribution in [1.82, 2.24) is 0 Å². The molecule has 0 bridgehead atoms. The minimum atomic E-state index is -4.59. The first kappa shape index (κ1) is 23.5. The highest BCUT2D eigenvalue weighted by atomic mass is 19.4. The predicted molar refractivity (Wildman–Crippen MR) is 95.7 cm³/mol. The van der Waals surface area contributed by atoms with E-state index in [-0.39, 0.29) is 37.4 Å². The fourth-order valence-corrected chi connectivity index (χ4v) is 2.63. The van der Waals surface area contributed by atoms with Crippen LogP contribution < -0.4 is 4.90 Å². The maximum Gasteiger partial charge on any atom is 0.416 e. The number of esters is 2. The summed E-state index contributed by atoms with van der Waals surface area (Å²) in [6.07, 6.45) is -3.84. The van der Waals surface area contributed by atoms with Crippen molar-refractivity contribution in [3.05, 3.63) is 29.3 Å². The lowest BCUT2D eigenvalue weighted by atomic mass is 10.0. The molecule has 1 amide bonds. The molecule has 9 heteroatoms. The molecular formula is C19H24F3NO5. The molecule has 0 atom stereocenters. The number of amides is 1. The summed E-state index contributed by atoms with van der Waals surface area (Å²) in [5.41, 5.74) is -1.08. The Morgan fingerprint density at radius 2 is 1.68 bits per heavy atom. The number of nitrogens with zero attached hydrogens (tertiary/aromatic N) is 1. The van der Waals surface area contributed by atoms with E-state index in [1.165, 1.54) is 26.0 Å². The summed E-state index contributed by atoms with van der Waals surface area (Å²) in [5, 5.41) is 0. The van der Waals surface area contributed by atoms with Crippen LogP contribution in [0.25, 0.3) is 0 Å². The summed E-state index contributed by atoms with van der Waals surface area (Å²) < 4.78 is 49.1. The molecule has 0 aliphatic heterocycles. The zero-order valence-corrected chi connectivity index (χ0v) is 16.1. The Bertz CT molecular complexity index is 703. The smallest absolute Gasteiger partial charge is 0.416 e. The van der Waals surface area contributed by atoms with Gasteiger partial charge in [0.1, 0.15) is 0 Å². The Morgan fingerprint density at radius 3 is 2.25 bits per heavy atom. The average molecular weight is 403 g/mol. The lowest BCUT2D eigenvalue weighted by molar-refractivity contribution is -0.153. The van der Waals surface area contributed by atoms with Crippen molar-refractivity contribution in [1.29, 1.82) is 0 Å². The summed E-state index contributed by atoms with van der Waals surface area (Å²) in [5.74, 6) is -2.61. The van der Waals surface area contributed by atoms with Crippen molar-refractivity contribution in [2.45, 2.75) is 46.2 Å². The molecule has 0 unspecified atom stereocenters. The van der Waals surface area contributed by atoms with Crippen LogP contribution in [0.4, 0.5) is 18.9 Å². The summed E-state index contributed by atoms with van der Waals surface area (Å²) in [7, 11) is 0. The number of ether oxygens (including phenoxy) is 2. The normalized spacial score (nSPS) is 11.1. The van der Waals surface area contributed by atoms with Crippen molar-refractivity contribution in [3.63, 3.8) is 0 Å². The van der Waals surface area contributed by atoms with Gasteiger partial charge in [-0.2, -0.15) is 13.2 Å². The van der Waals surface area contributed by atoms with E-state index in [4.69, 9.17) is 9.47 Å². The molecule has 0 aliphatic carbocycles. The molecule has 28 heavy (non-hydrogen) atoms. The molecule has 0 fully saturated rings. The Morgan fingerprint density at radius 1 is 1.04 bits per heavy atom. The van der Waals surface area contributed by atoms with Gasteiger partial charge < -0.3 is 14.4 Å². The first-order valence-corrected chi connectivity index (χ1v) is 8.94. The Kier molecular flexibility index (Phi) is 8.94. The second-order valence-corrected chi connectivity index (χ2v) is 5.89. The zero-order chi connectivity index (χ0) is 21.3. The van der Waals surface area contributed by atoms with Gasteiger partial charge in [0.25, 0.3) is 0 Å². The fraction of sp³-hybridized carbons (Fsp3) is 0.526. The van der Waals surface area contributed by atoms with Gasteiger partial charge in [0.2, 0.25) is 0 Å². The lowest BCUT2D eigenvalue weighted by Gasteiger charge is -2.25. The number of unbranched alkanes of at least 4 members (excludes halogenated alkanes) is 1. The predicted octanol–water partition coefficient (Wildman–Crippen LogP) is 3.64. The molecule has 0 saturated heterocycles. The minimum absolute atomic E-state index is 0.0241. The van der Waals surface area contributed by atoms with E-state index in [9.17, 15) is 27.6 Å². The van der Waals surface area contributed by atoms with Gasteiger partial charge in [-0.25, -0.2) is 4.79 Å². The monoisotopic (exact) mass is 403 g/mol. The molecule has 0 aliphatic rings. The van der Waals surface area contributed by atoms with Gasteiger partial charge in [-0.3, -0.25) is 9.59 Å². The number of benzene rings is 1. The highest BCUT2D eigenvalue weighted by molar-refractivity contribution is 6.38. The quantitative estimate of drug-likeness (QED) is 0.376. The van der Waals surface area contributed by atoms with Crippen LogP contribution in [0.15, 0.2) is 18.2 Å². The first-order chi connectivity index (χ1) is 13.1. The van der Waals surface area contributed by atoms with Crippen LogP contribution in [0, 0.1) is 6.92 Å². The first-order valence-electron chi connectivity index (χ1n) is 8.94. The SMILES string of the molecule is CCOC(=O)CCCCN(C(=O)C(=O)OCC)c1cccc(C(F)(F)F)c1C. The third-order valence-electron chi connectivity index (χ3n) is 3.91. The molecule has 0 spiro atoms. The number of anilines is 1. The van der Waals surface area contributed by atoms with Crippen LogP contribution in [0.5, 0.6) is 0 Å². The van der Waals surface area contributed by atoms with Gasteiger partial charge in [-0.15, -0.1) is 0 Å². The largest absolute Gasteiger partial charge is 0.466 e. The Hall–Kier alpha value is -2.58. The third-order valence-corrected chi connectivity index (χ3v) is 3.91. The topological polar surface area (TPSA) is 72.9 Å². The number of halogens is 3. The summed E-state index contributed by atoms with van der Waals surface area (Å²) in [4.78, 5) is 36.7. The highest BCUT2D eigenvalue weighted by Crippen LogP contribution is 2.36. The van der Waals surface area contributed by atoms with E-state index in [2.05, 4.69) is 0 Å². The van der Waals surface area contributed by atoms with Crippen LogP contribution in [-0.4, -0.2) is 37.6 Å². The van der Waals surface area contributed by atoms with Crippen molar-refractivity contribution in [2.24, 2.45) is 0 Å². The second-order valence-electron chi connectivity index (χ2n) is 5.89. The van der Waals surface area contributed by atoms with E-state index in [1.807, 2.05) is 0 Å². The van der Waals surface area contributed by atoms with E-state index in [0.29, 0.717) is 12.8 Å². The van der Waals surface area contributed by atoms with Crippen molar-refractivity contribution < 1.29 is 37.0 Å². The molecule has 156 valence electrons. The van der Waals surface area contributed by atoms with E-state index in [1.54, 1.807) is 6.92 Å². The molecule has 0 radical (unpaired) electrons. The molecular weight excluding hydrogens is 379 g/mol. The van der Waals surface area contributed by atoms with E-state index >= 15 is 0 Å². The van der Waals surface area contributed by atoms with Gasteiger partial charge >= 0.3 is 24.0 Å². The Balaban J connectivity index is 3.07. The standard InChI is InChI=1S/C19H24F3NO5/c1-4-27-16(24)11-6-7-12-23(17(25)18(26)28-5-2)15-10-8-9-14(13(15)3)19(20,21)22/h8-10H,4-7,11-12H2,1-3H3. The zero-order valence-electron chi connectivity index (χ0n) is 16.1. The highest BCUT2D eigenvalue weighted by Gasteiger charge is 2.35. The summed E-state index contributed by atoms with van der Waals surface area (Å²) in [6, 6.07) is 3.43. The van der Waals surface area contributed by atoms with Gasteiger partial charge in [0.15, 0.2) is 0 Å². The number of hydrogen-bond acceptors (Lipinski definition) is 5. The van der Waals surface area contributed by atoms with Gasteiger partial charge in [0.05, 0.1) is 18.8 Å². The van der Waals surface area contributed by atoms with Crippen LogP contribution in [-0.2, 0) is 30.0 Å². The number of carbonyl (C=O) groups is 3. The second kappa shape index (κ2) is 10.7. The number of hydrogen-bond donors (Lipinski definition) is 0. The van der Waals surface area contributed by atoms with Crippen molar-refractivity contribution in [2.75, 3.05) is 24.7 Å². The molecule has 0 N–H and O–H groups in total. The van der Waals surface area contributed by atoms with Crippen molar-refractivity contribution in [3.8, 4) is 0 Å². The maximum atomic E-state index is 13.2. The number of carbonyl (C=O) groups excluding carboxylic acids is 3. The summed E-state index contributed by atoms with van der Waals surface area (Å²) >= 11 is 0. The molecule has 0 aromatic heterocycles. The van der Waals surface area contributed by atoms with Crippen LogP contribution in [0.1, 0.15) is 44.2 Å². The van der Waals surface area contributed by atoms with Gasteiger partial charge in [-0.05, 0) is 51.3 Å². The van der Waals surface area contributed by atoms with Crippen LogP contribution >= 0.6 is 0 Å². The average Bonchev–Trinajstić information content (AvgIpc) is 2.61. The molecule has 1 rings (SSSR count).